The van der Waals surface area contributed by atoms with Gasteiger partial charge >= 0.3 is 0 Å². The summed E-state index contributed by atoms with van der Waals surface area (Å²) in [6.07, 6.45) is 2.98. The van der Waals surface area contributed by atoms with Gasteiger partial charge in [-0.15, -0.1) is 11.3 Å². The molecule has 6 heteroatoms. The largest absolute Gasteiger partial charge is 0.328 e. The molecule has 0 unspecified atom stereocenters. The Bertz CT molecular complexity index is 469. The second-order valence-corrected chi connectivity index (χ2v) is 4.98. The summed E-state index contributed by atoms with van der Waals surface area (Å²) in [5, 5.41) is 0.707. The summed E-state index contributed by atoms with van der Waals surface area (Å²) in [7, 11) is 0. The zero-order chi connectivity index (χ0) is 12.4. The third-order valence-corrected chi connectivity index (χ3v) is 3.48. The Labute approximate surface area is 103 Å². The summed E-state index contributed by atoms with van der Waals surface area (Å²) in [6.45, 7) is 6.48. The summed E-state index contributed by atoms with van der Waals surface area (Å²) >= 11 is 1.48. The minimum atomic E-state index is -0.201. The average molecular weight is 251 g/mol. The summed E-state index contributed by atoms with van der Waals surface area (Å²) in [5.74, 6) is -0.297. The van der Waals surface area contributed by atoms with Gasteiger partial charge in [0.15, 0.2) is 5.13 Å². The number of piperazine rings is 1. The smallest absolute Gasteiger partial charge is 0.248 e. The second-order valence-electron chi connectivity index (χ2n) is 3.76. The molecule has 2 amide bonds. The van der Waals surface area contributed by atoms with Crippen molar-refractivity contribution in [2.45, 2.75) is 6.92 Å². The molecule has 1 saturated heterocycles. The normalized spacial score (nSPS) is 16.2. The van der Waals surface area contributed by atoms with Crippen LogP contribution in [0.15, 0.2) is 18.9 Å². The van der Waals surface area contributed by atoms with Gasteiger partial charge in [-0.2, -0.15) is 0 Å². The molecule has 0 saturated carbocycles. The predicted molar refractivity (Wildman–Crippen MR) is 66.0 cm³/mol. The van der Waals surface area contributed by atoms with Gasteiger partial charge in [0.1, 0.15) is 6.54 Å². The van der Waals surface area contributed by atoms with Gasteiger partial charge in [0.25, 0.3) is 0 Å². The van der Waals surface area contributed by atoms with Gasteiger partial charge in [0.2, 0.25) is 11.8 Å². The topological polar surface area (TPSA) is 53.5 Å². The highest BCUT2D eigenvalue weighted by molar-refractivity contribution is 7.15. The molecular weight excluding hydrogens is 238 g/mol. The molecule has 0 N–H and O–H groups in total. The van der Waals surface area contributed by atoms with E-state index < -0.39 is 0 Å². The highest BCUT2D eigenvalue weighted by Crippen LogP contribution is 2.23. The standard InChI is InChI=1S/C11H13N3O2S/c1-3-9(15)13-4-5-14(10(16)7-13)11-12-6-8(2)17-11/h3,6H,1,4-5,7H2,2H3. The van der Waals surface area contributed by atoms with Gasteiger partial charge in [-0.25, -0.2) is 4.98 Å². The molecule has 0 bridgehead atoms. The molecule has 5 nitrogen and oxygen atoms in total. The molecule has 17 heavy (non-hydrogen) atoms. The van der Waals surface area contributed by atoms with Crippen molar-refractivity contribution < 1.29 is 9.59 Å². The number of hydrogen-bond acceptors (Lipinski definition) is 4. The van der Waals surface area contributed by atoms with E-state index in [1.807, 2.05) is 6.92 Å². The molecule has 1 aliphatic rings. The second kappa shape index (κ2) is 4.67. The van der Waals surface area contributed by atoms with Crippen LogP contribution in [-0.2, 0) is 9.59 Å². The van der Waals surface area contributed by atoms with Gasteiger partial charge in [0.05, 0.1) is 0 Å². The van der Waals surface area contributed by atoms with E-state index >= 15 is 0 Å². The average Bonchev–Trinajstić information content (AvgIpc) is 2.74. The molecule has 1 aromatic rings. The molecule has 90 valence electrons. The van der Waals surface area contributed by atoms with Gasteiger partial charge < -0.3 is 4.90 Å². The number of thiazole rings is 1. The van der Waals surface area contributed by atoms with Crippen LogP contribution in [0.4, 0.5) is 5.13 Å². The summed E-state index contributed by atoms with van der Waals surface area (Å²) < 4.78 is 0. The maximum atomic E-state index is 11.9. The van der Waals surface area contributed by atoms with Crippen molar-refractivity contribution in [2.75, 3.05) is 24.5 Å². The molecule has 0 aromatic carbocycles. The maximum Gasteiger partial charge on any atom is 0.248 e. The lowest BCUT2D eigenvalue weighted by molar-refractivity contribution is -0.133. The van der Waals surface area contributed by atoms with Crippen LogP contribution < -0.4 is 4.90 Å². The minimum Gasteiger partial charge on any atom is -0.328 e. The predicted octanol–water partition coefficient (Wildman–Crippen LogP) is 0.813. The third-order valence-electron chi connectivity index (χ3n) is 2.55. The van der Waals surface area contributed by atoms with E-state index in [-0.39, 0.29) is 18.4 Å². The number of amides is 2. The minimum absolute atomic E-state index is 0.0965. The fourth-order valence-corrected chi connectivity index (χ4v) is 2.46. The first-order valence-electron chi connectivity index (χ1n) is 5.26. The monoisotopic (exact) mass is 251 g/mol. The van der Waals surface area contributed by atoms with Crippen LogP contribution in [-0.4, -0.2) is 41.3 Å². The lowest BCUT2D eigenvalue weighted by Crippen LogP contribution is -2.52. The third kappa shape index (κ3) is 2.36. The molecule has 1 aliphatic heterocycles. The Hall–Kier alpha value is -1.69. The van der Waals surface area contributed by atoms with Crippen molar-refractivity contribution in [3.05, 3.63) is 23.7 Å². The Kier molecular flexibility index (Phi) is 3.23. The maximum absolute atomic E-state index is 11.9. The van der Waals surface area contributed by atoms with E-state index in [0.29, 0.717) is 18.2 Å². The number of hydrogen-bond donors (Lipinski definition) is 0. The number of nitrogens with zero attached hydrogens (tertiary/aromatic N) is 3. The zero-order valence-electron chi connectivity index (χ0n) is 9.55. The van der Waals surface area contributed by atoms with E-state index in [9.17, 15) is 9.59 Å². The lowest BCUT2D eigenvalue weighted by Gasteiger charge is -2.32. The molecule has 0 radical (unpaired) electrons. The molecule has 0 aliphatic carbocycles. The van der Waals surface area contributed by atoms with E-state index in [1.54, 1.807) is 11.1 Å². The highest BCUT2D eigenvalue weighted by Gasteiger charge is 2.28. The SMILES string of the molecule is C=CC(=O)N1CCN(c2ncc(C)s2)C(=O)C1. The number of aryl methyl sites for hydroxylation is 1. The lowest BCUT2D eigenvalue weighted by atomic mass is 10.3. The van der Waals surface area contributed by atoms with Crippen molar-refractivity contribution in [3.8, 4) is 0 Å². The van der Waals surface area contributed by atoms with Crippen molar-refractivity contribution in [1.29, 1.82) is 0 Å². The fourth-order valence-electron chi connectivity index (χ4n) is 1.66. The van der Waals surface area contributed by atoms with Crippen molar-refractivity contribution in [1.82, 2.24) is 9.88 Å². The Morgan fingerprint density at radius 1 is 1.59 bits per heavy atom. The number of carbonyl (C=O) groups is 2. The quantitative estimate of drug-likeness (QED) is 0.731. The molecule has 1 fully saturated rings. The molecular formula is C11H13N3O2S. The molecule has 2 heterocycles. The van der Waals surface area contributed by atoms with Gasteiger partial charge in [0, 0.05) is 24.2 Å². The number of aromatic nitrogens is 1. The first-order chi connectivity index (χ1) is 8.11. The highest BCUT2D eigenvalue weighted by atomic mass is 32.1. The fraction of sp³-hybridized carbons (Fsp3) is 0.364. The Morgan fingerprint density at radius 3 is 2.88 bits per heavy atom. The van der Waals surface area contributed by atoms with Gasteiger partial charge in [-0.1, -0.05) is 6.58 Å². The van der Waals surface area contributed by atoms with Crippen molar-refractivity contribution in [3.63, 3.8) is 0 Å². The zero-order valence-corrected chi connectivity index (χ0v) is 10.4. The number of rotatable bonds is 2. The van der Waals surface area contributed by atoms with Crippen LogP contribution in [0.5, 0.6) is 0 Å². The van der Waals surface area contributed by atoms with Gasteiger partial charge in [-0.05, 0) is 13.0 Å². The molecule has 2 rings (SSSR count). The summed E-state index contributed by atoms with van der Waals surface area (Å²) in [6, 6.07) is 0. The van der Waals surface area contributed by atoms with E-state index in [1.165, 1.54) is 22.3 Å². The Morgan fingerprint density at radius 2 is 2.35 bits per heavy atom. The van der Waals surface area contributed by atoms with E-state index in [0.717, 1.165) is 4.88 Å². The van der Waals surface area contributed by atoms with Crippen LogP contribution in [0.2, 0.25) is 0 Å². The van der Waals surface area contributed by atoms with E-state index in [4.69, 9.17) is 0 Å². The van der Waals surface area contributed by atoms with Crippen molar-refractivity contribution >= 4 is 28.3 Å². The molecule has 0 atom stereocenters. The van der Waals surface area contributed by atoms with Crippen LogP contribution >= 0.6 is 11.3 Å². The summed E-state index contributed by atoms with van der Waals surface area (Å²) in [4.78, 5) is 31.7. The Balaban J connectivity index is 2.08. The summed E-state index contributed by atoms with van der Waals surface area (Å²) in [5.41, 5.74) is 0. The van der Waals surface area contributed by atoms with Crippen LogP contribution in [0.3, 0.4) is 0 Å². The first-order valence-corrected chi connectivity index (χ1v) is 6.07. The van der Waals surface area contributed by atoms with E-state index in [2.05, 4.69) is 11.6 Å². The molecule has 0 spiro atoms. The van der Waals surface area contributed by atoms with Crippen LogP contribution in [0, 0.1) is 6.92 Å². The van der Waals surface area contributed by atoms with Gasteiger partial charge in [-0.3, -0.25) is 14.5 Å². The molecule has 1 aromatic heterocycles. The van der Waals surface area contributed by atoms with Crippen LogP contribution in [0.25, 0.3) is 0 Å². The van der Waals surface area contributed by atoms with Crippen molar-refractivity contribution in [2.24, 2.45) is 0 Å². The number of carbonyl (C=O) groups excluding carboxylic acids is 2. The number of anilines is 1. The van der Waals surface area contributed by atoms with Crippen LogP contribution in [0.1, 0.15) is 4.88 Å². The first kappa shape index (κ1) is 11.8.